The van der Waals surface area contributed by atoms with E-state index >= 15 is 0 Å². The lowest BCUT2D eigenvalue weighted by Crippen LogP contribution is -2.27. The number of aryl methyl sites for hydroxylation is 1. The Kier molecular flexibility index (Phi) is 5.42. The predicted molar refractivity (Wildman–Crippen MR) is 82.2 cm³/mol. The number of rotatable bonds is 6. The van der Waals surface area contributed by atoms with E-state index < -0.39 is 0 Å². The molecule has 1 aromatic carbocycles. The van der Waals surface area contributed by atoms with Gasteiger partial charge in [-0.05, 0) is 25.1 Å². The molecule has 0 aliphatic heterocycles. The van der Waals surface area contributed by atoms with Gasteiger partial charge in [0.05, 0.1) is 0 Å². The van der Waals surface area contributed by atoms with Gasteiger partial charge in [0.1, 0.15) is 12.2 Å². The second-order valence-corrected chi connectivity index (χ2v) is 6.23. The predicted octanol–water partition coefficient (Wildman–Crippen LogP) is 2.72. The number of hydrogen-bond donors (Lipinski definition) is 1. The standard InChI is InChI=1S/C13H17BrN4S/c1-2-18-13(16-9-17-18)7-11(15)8-19-12-5-3-4-10(14)6-12/h3-6,9,11H,2,7-8,15H2,1H3. The number of nitrogens with two attached hydrogens (primary N) is 1. The van der Waals surface area contributed by atoms with E-state index in [0.717, 1.165) is 29.0 Å². The van der Waals surface area contributed by atoms with Crippen molar-refractivity contribution in [3.63, 3.8) is 0 Å². The summed E-state index contributed by atoms with van der Waals surface area (Å²) in [5.41, 5.74) is 6.16. The van der Waals surface area contributed by atoms with Crippen molar-refractivity contribution in [3.8, 4) is 0 Å². The smallest absolute Gasteiger partial charge is 0.138 e. The highest BCUT2D eigenvalue weighted by atomic mass is 79.9. The zero-order valence-electron chi connectivity index (χ0n) is 10.8. The average molecular weight is 341 g/mol. The Labute approximate surface area is 125 Å². The minimum Gasteiger partial charge on any atom is -0.327 e. The van der Waals surface area contributed by atoms with Crippen LogP contribution in [0.5, 0.6) is 0 Å². The van der Waals surface area contributed by atoms with Gasteiger partial charge >= 0.3 is 0 Å². The molecule has 1 atom stereocenters. The summed E-state index contributed by atoms with van der Waals surface area (Å²) < 4.78 is 2.99. The molecule has 0 saturated carbocycles. The van der Waals surface area contributed by atoms with Crippen LogP contribution in [0.1, 0.15) is 12.7 Å². The van der Waals surface area contributed by atoms with E-state index in [1.54, 1.807) is 18.1 Å². The summed E-state index contributed by atoms with van der Waals surface area (Å²) in [6.45, 7) is 2.89. The summed E-state index contributed by atoms with van der Waals surface area (Å²) in [6, 6.07) is 8.33. The van der Waals surface area contributed by atoms with Gasteiger partial charge < -0.3 is 5.73 Å². The number of halogens is 1. The Balaban J connectivity index is 1.86. The van der Waals surface area contributed by atoms with Gasteiger partial charge in [0.15, 0.2) is 0 Å². The molecule has 6 heteroatoms. The number of hydrogen-bond acceptors (Lipinski definition) is 4. The van der Waals surface area contributed by atoms with Gasteiger partial charge in [-0.2, -0.15) is 5.10 Å². The van der Waals surface area contributed by atoms with E-state index in [-0.39, 0.29) is 6.04 Å². The van der Waals surface area contributed by atoms with Crippen LogP contribution in [0.4, 0.5) is 0 Å². The van der Waals surface area contributed by atoms with Crippen LogP contribution in [-0.4, -0.2) is 26.6 Å². The van der Waals surface area contributed by atoms with E-state index in [1.165, 1.54) is 4.90 Å². The van der Waals surface area contributed by atoms with E-state index in [4.69, 9.17) is 5.73 Å². The van der Waals surface area contributed by atoms with Gasteiger partial charge in [0, 0.05) is 34.1 Å². The van der Waals surface area contributed by atoms with E-state index in [1.807, 2.05) is 16.8 Å². The molecule has 1 unspecified atom stereocenters. The van der Waals surface area contributed by atoms with Crippen LogP contribution < -0.4 is 5.73 Å². The van der Waals surface area contributed by atoms with E-state index in [0.29, 0.717) is 0 Å². The van der Waals surface area contributed by atoms with Crippen molar-refractivity contribution in [2.24, 2.45) is 5.73 Å². The molecule has 102 valence electrons. The minimum atomic E-state index is 0.0819. The molecule has 1 heterocycles. The fourth-order valence-corrected chi connectivity index (χ4v) is 3.22. The summed E-state index contributed by atoms with van der Waals surface area (Å²) >= 11 is 5.24. The van der Waals surface area contributed by atoms with E-state index in [9.17, 15) is 0 Å². The van der Waals surface area contributed by atoms with Gasteiger partial charge in [-0.1, -0.05) is 22.0 Å². The van der Waals surface area contributed by atoms with Gasteiger partial charge in [-0.3, -0.25) is 4.68 Å². The summed E-state index contributed by atoms with van der Waals surface area (Å²) in [5, 5.41) is 4.15. The van der Waals surface area contributed by atoms with Crippen molar-refractivity contribution in [2.75, 3.05) is 5.75 Å². The van der Waals surface area contributed by atoms with Gasteiger partial charge in [0.2, 0.25) is 0 Å². The molecule has 1 aromatic heterocycles. The SMILES string of the molecule is CCn1ncnc1CC(N)CSc1cccc(Br)c1. The highest BCUT2D eigenvalue weighted by molar-refractivity contribution is 9.10. The molecule has 2 aromatic rings. The van der Waals surface area contributed by atoms with Gasteiger partial charge in [-0.15, -0.1) is 11.8 Å². The molecule has 0 aliphatic carbocycles. The Morgan fingerprint density at radius 2 is 2.32 bits per heavy atom. The summed E-state index contributed by atoms with van der Waals surface area (Å²) in [5.74, 6) is 1.83. The number of nitrogens with zero attached hydrogens (tertiary/aromatic N) is 3. The van der Waals surface area contributed by atoms with Crippen molar-refractivity contribution in [2.45, 2.75) is 30.8 Å². The Morgan fingerprint density at radius 1 is 1.47 bits per heavy atom. The van der Waals surface area contributed by atoms with Crippen LogP contribution in [0.3, 0.4) is 0 Å². The lowest BCUT2D eigenvalue weighted by molar-refractivity contribution is 0.588. The van der Waals surface area contributed by atoms with Crippen LogP contribution >= 0.6 is 27.7 Å². The van der Waals surface area contributed by atoms with Crippen LogP contribution in [0.2, 0.25) is 0 Å². The Bertz CT molecular complexity index is 529. The molecule has 2 rings (SSSR count). The number of thioether (sulfide) groups is 1. The molecule has 4 nitrogen and oxygen atoms in total. The second-order valence-electron chi connectivity index (χ2n) is 4.22. The lowest BCUT2D eigenvalue weighted by atomic mass is 10.2. The minimum absolute atomic E-state index is 0.0819. The fraction of sp³-hybridized carbons (Fsp3) is 0.385. The van der Waals surface area contributed by atoms with Crippen LogP contribution in [0.15, 0.2) is 40.0 Å². The molecule has 0 fully saturated rings. The molecule has 2 N–H and O–H groups in total. The summed E-state index contributed by atoms with van der Waals surface area (Å²) in [6.07, 6.45) is 2.35. The Morgan fingerprint density at radius 3 is 3.05 bits per heavy atom. The zero-order chi connectivity index (χ0) is 13.7. The Hall–Kier alpha value is -0.850. The quantitative estimate of drug-likeness (QED) is 0.821. The first-order valence-electron chi connectivity index (χ1n) is 6.19. The van der Waals surface area contributed by atoms with Gasteiger partial charge in [0.25, 0.3) is 0 Å². The van der Waals surface area contributed by atoms with Crippen LogP contribution in [-0.2, 0) is 13.0 Å². The van der Waals surface area contributed by atoms with Crippen LogP contribution in [0.25, 0.3) is 0 Å². The number of benzene rings is 1. The average Bonchev–Trinajstić information content (AvgIpc) is 2.84. The molecule has 0 amide bonds. The normalized spacial score (nSPS) is 12.6. The topological polar surface area (TPSA) is 56.7 Å². The fourth-order valence-electron chi connectivity index (χ4n) is 1.76. The third-order valence-corrected chi connectivity index (χ3v) is 4.38. The molecule has 0 radical (unpaired) electrons. The maximum Gasteiger partial charge on any atom is 0.138 e. The third kappa shape index (κ3) is 4.33. The number of aromatic nitrogens is 3. The van der Waals surface area contributed by atoms with Crippen LogP contribution in [0, 0.1) is 0 Å². The maximum atomic E-state index is 6.16. The van der Waals surface area contributed by atoms with Crippen molar-refractivity contribution in [1.82, 2.24) is 14.8 Å². The highest BCUT2D eigenvalue weighted by Crippen LogP contribution is 2.22. The first kappa shape index (κ1) is 14.6. The molecule has 0 spiro atoms. The van der Waals surface area contributed by atoms with Crippen molar-refractivity contribution < 1.29 is 0 Å². The van der Waals surface area contributed by atoms with E-state index in [2.05, 4.69) is 45.1 Å². The monoisotopic (exact) mass is 340 g/mol. The van der Waals surface area contributed by atoms with Crippen molar-refractivity contribution in [3.05, 3.63) is 40.9 Å². The third-order valence-electron chi connectivity index (χ3n) is 2.70. The molecule has 0 saturated heterocycles. The first-order valence-corrected chi connectivity index (χ1v) is 7.97. The second kappa shape index (κ2) is 7.07. The molecule has 19 heavy (non-hydrogen) atoms. The van der Waals surface area contributed by atoms with Crippen molar-refractivity contribution >= 4 is 27.7 Å². The summed E-state index contributed by atoms with van der Waals surface area (Å²) in [4.78, 5) is 5.48. The lowest BCUT2D eigenvalue weighted by Gasteiger charge is -2.11. The molecule has 0 bridgehead atoms. The highest BCUT2D eigenvalue weighted by Gasteiger charge is 2.10. The largest absolute Gasteiger partial charge is 0.327 e. The van der Waals surface area contributed by atoms with Crippen molar-refractivity contribution in [1.29, 1.82) is 0 Å². The van der Waals surface area contributed by atoms with Gasteiger partial charge in [-0.25, -0.2) is 4.98 Å². The summed E-state index contributed by atoms with van der Waals surface area (Å²) in [7, 11) is 0. The molecular weight excluding hydrogens is 324 g/mol. The maximum absolute atomic E-state index is 6.16. The molecule has 0 aliphatic rings. The first-order chi connectivity index (χ1) is 9.19. The molecular formula is C13H17BrN4S. The zero-order valence-corrected chi connectivity index (χ0v) is 13.2.